The molecule has 2 rings (SSSR count). The molecule has 2 nitrogen and oxygen atoms in total. The molecule has 2 aromatic rings. The van der Waals surface area contributed by atoms with Crippen LogP contribution in [0.25, 0.3) is 0 Å². The van der Waals surface area contributed by atoms with Crippen molar-refractivity contribution in [3.8, 4) is 5.75 Å². The van der Waals surface area contributed by atoms with E-state index in [4.69, 9.17) is 10.5 Å². The Hall–Kier alpha value is -1.87. The summed E-state index contributed by atoms with van der Waals surface area (Å²) in [5.41, 5.74) is 8.68. The normalized spacial score (nSPS) is 10.9. The van der Waals surface area contributed by atoms with E-state index in [1.165, 1.54) is 11.6 Å². The van der Waals surface area contributed by atoms with Gasteiger partial charge in [-0.2, -0.15) is 0 Å². The van der Waals surface area contributed by atoms with Gasteiger partial charge in [0.05, 0.1) is 0 Å². The first-order chi connectivity index (χ1) is 10.1. The van der Waals surface area contributed by atoms with E-state index < -0.39 is 0 Å². The lowest BCUT2D eigenvalue weighted by Gasteiger charge is -2.10. The molecule has 0 unspecified atom stereocenters. The fraction of sp³-hybridized carbons (Fsp3) is 0.333. The second-order valence-electron chi connectivity index (χ2n) is 5.49. The maximum Gasteiger partial charge on any atom is 0.165 e. The summed E-state index contributed by atoms with van der Waals surface area (Å²) in [7, 11) is 0. The molecule has 0 aliphatic carbocycles. The minimum atomic E-state index is -0.334. The Morgan fingerprint density at radius 2 is 1.71 bits per heavy atom. The summed E-state index contributed by atoms with van der Waals surface area (Å²) in [6.45, 7) is 5.20. The van der Waals surface area contributed by atoms with Crippen LogP contribution < -0.4 is 10.5 Å². The smallest absolute Gasteiger partial charge is 0.165 e. The van der Waals surface area contributed by atoms with Gasteiger partial charge >= 0.3 is 0 Å². The zero-order valence-corrected chi connectivity index (χ0v) is 12.6. The molecule has 21 heavy (non-hydrogen) atoms. The Morgan fingerprint density at radius 1 is 1.05 bits per heavy atom. The van der Waals surface area contributed by atoms with Crippen LogP contribution in [0.3, 0.4) is 0 Å². The molecule has 0 aliphatic heterocycles. The molecule has 0 bridgehead atoms. The van der Waals surface area contributed by atoms with Crippen LogP contribution in [-0.4, -0.2) is 6.54 Å². The number of ether oxygens (including phenoxy) is 1. The zero-order chi connectivity index (χ0) is 15.2. The van der Waals surface area contributed by atoms with Gasteiger partial charge in [0.25, 0.3) is 0 Å². The number of benzene rings is 2. The molecule has 0 radical (unpaired) electrons. The molecule has 0 amide bonds. The van der Waals surface area contributed by atoms with Gasteiger partial charge in [0.15, 0.2) is 11.6 Å². The molecule has 0 aliphatic rings. The van der Waals surface area contributed by atoms with Crippen molar-refractivity contribution in [2.45, 2.75) is 32.8 Å². The van der Waals surface area contributed by atoms with Gasteiger partial charge in [-0.15, -0.1) is 0 Å². The molecule has 0 heterocycles. The van der Waals surface area contributed by atoms with Gasteiger partial charge in [0.1, 0.15) is 6.61 Å². The minimum absolute atomic E-state index is 0.281. The van der Waals surface area contributed by atoms with Crippen molar-refractivity contribution in [3.63, 3.8) is 0 Å². The highest BCUT2D eigenvalue weighted by Gasteiger charge is 2.05. The first-order valence-electron chi connectivity index (χ1n) is 7.30. The van der Waals surface area contributed by atoms with E-state index in [0.717, 1.165) is 11.1 Å². The Labute approximate surface area is 125 Å². The first kappa shape index (κ1) is 15.5. The van der Waals surface area contributed by atoms with E-state index in [2.05, 4.69) is 26.0 Å². The SMILES string of the molecule is CC(C)c1ccc(COc2ccc(CCN)cc2F)cc1. The third-order valence-electron chi connectivity index (χ3n) is 3.47. The predicted molar refractivity (Wildman–Crippen MR) is 84.0 cm³/mol. The van der Waals surface area contributed by atoms with Gasteiger partial charge in [0.2, 0.25) is 0 Å². The second-order valence-corrected chi connectivity index (χ2v) is 5.49. The Balaban J connectivity index is 1.99. The van der Waals surface area contributed by atoms with E-state index in [0.29, 0.717) is 25.5 Å². The van der Waals surface area contributed by atoms with Crippen molar-refractivity contribution in [1.29, 1.82) is 0 Å². The van der Waals surface area contributed by atoms with Crippen molar-refractivity contribution < 1.29 is 9.13 Å². The molecule has 3 heteroatoms. The summed E-state index contributed by atoms with van der Waals surface area (Å²) in [4.78, 5) is 0. The molecule has 0 saturated carbocycles. The van der Waals surface area contributed by atoms with Crippen LogP contribution in [0.1, 0.15) is 36.5 Å². The fourth-order valence-electron chi connectivity index (χ4n) is 2.14. The van der Waals surface area contributed by atoms with Gasteiger partial charge in [-0.25, -0.2) is 4.39 Å². The number of hydrogen-bond donors (Lipinski definition) is 1. The number of halogens is 1. The van der Waals surface area contributed by atoms with E-state index in [9.17, 15) is 4.39 Å². The van der Waals surface area contributed by atoms with E-state index >= 15 is 0 Å². The summed E-state index contributed by atoms with van der Waals surface area (Å²) in [5, 5.41) is 0. The van der Waals surface area contributed by atoms with Crippen molar-refractivity contribution in [2.75, 3.05) is 6.54 Å². The molecule has 2 aromatic carbocycles. The van der Waals surface area contributed by atoms with Crippen molar-refractivity contribution in [2.24, 2.45) is 5.73 Å². The molecule has 112 valence electrons. The molecule has 0 atom stereocenters. The van der Waals surface area contributed by atoms with E-state index in [-0.39, 0.29) is 11.6 Å². The van der Waals surface area contributed by atoms with Gasteiger partial charge in [-0.1, -0.05) is 44.2 Å². The Kier molecular flexibility index (Phi) is 5.34. The third kappa shape index (κ3) is 4.30. The summed E-state index contributed by atoms with van der Waals surface area (Å²) < 4.78 is 19.4. The average Bonchev–Trinajstić information content (AvgIpc) is 2.47. The van der Waals surface area contributed by atoms with Crippen molar-refractivity contribution in [3.05, 3.63) is 65.0 Å². The van der Waals surface area contributed by atoms with Crippen LogP contribution in [0.15, 0.2) is 42.5 Å². The first-order valence-corrected chi connectivity index (χ1v) is 7.30. The van der Waals surface area contributed by atoms with Crippen LogP contribution in [-0.2, 0) is 13.0 Å². The molecule has 0 spiro atoms. The molecular formula is C18H22FNO. The zero-order valence-electron chi connectivity index (χ0n) is 12.6. The van der Waals surface area contributed by atoms with Crippen LogP contribution >= 0.6 is 0 Å². The minimum Gasteiger partial charge on any atom is -0.486 e. The highest BCUT2D eigenvalue weighted by molar-refractivity contribution is 5.30. The Bertz CT molecular complexity index is 578. The maximum atomic E-state index is 13.9. The van der Waals surface area contributed by atoms with Crippen LogP contribution in [0.2, 0.25) is 0 Å². The number of rotatable bonds is 6. The topological polar surface area (TPSA) is 35.2 Å². The number of hydrogen-bond acceptors (Lipinski definition) is 2. The predicted octanol–water partition coefficient (Wildman–Crippen LogP) is 4.03. The summed E-state index contributed by atoms with van der Waals surface area (Å²) in [6.07, 6.45) is 0.674. The van der Waals surface area contributed by atoms with E-state index in [1.807, 2.05) is 18.2 Å². The van der Waals surface area contributed by atoms with Crippen LogP contribution in [0, 0.1) is 5.82 Å². The van der Waals surface area contributed by atoms with Gasteiger partial charge in [-0.3, -0.25) is 0 Å². The molecular weight excluding hydrogens is 265 g/mol. The molecule has 0 saturated heterocycles. The summed E-state index contributed by atoms with van der Waals surface area (Å²) >= 11 is 0. The molecule has 0 aromatic heterocycles. The molecule has 0 fully saturated rings. The average molecular weight is 287 g/mol. The third-order valence-corrected chi connectivity index (χ3v) is 3.47. The summed E-state index contributed by atoms with van der Waals surface area (Å²) in [6, 6.07) is 13.2. The number of nitrogens with two attached hydrogens (primary N) is 1. The largest absolute Gasteiger partial charge is 0.486 e. The quantitative estimate of drug-likeness (QED) is 0.870. The summed E-state index contributed by atoms with van der Waals surface area (Å²) in [5.74, 6) is 0.455. The van der Waals surface area contributed by atoms with Crippen molar-refractivity contribution in [1.82, 2.24) is 0 Å². The lowest BCUT2D eigenvalue weighted by molar-refractivity contribution is 0.290. The monoisotopic (exact) mass is 287 g/mol. The van der Waals surface area contributed by atoms with Crippen molar-refractivity contribution >= 4 is 0 Å². The van der Waals surface area contributed by atoms with Gasteiger partial charge in [0, 0.05) is 0 Å². The lowest BCUT2D eigenvalue weighted by Crippen LogP contribution is -2.03. The highest BCUT2D eigenvalue weighted by atomic mass is 19.1. The van der Waals surface area contributed by atoms with Crippen LogP contribution in [0.5, 0.6) is 5.75 Å². The Morgan fingerprint density at radius 3 is 2.29 bits per heavy atom. The maximum absolute atomic E-state index is 13.9. The fourth-order valence-corrected chi connectivity index (χ4v) is 2.14. The lowest BCUT2D eigenvalue weighted by atomic mass is 10.0. The second kappa shape index (κ2) is 7.23. The van der Waals surface area contributed by atoms with E-state index in [1.54, 1.807) is 6.07 Å². The van der Waals surface area contributed by atoms with Gasteiger partial charge in [-0.05, 0) is 47.7 Å². The highest BCUT2D eigenvalue weighted by Crippen LogP contribution is 2.21. The van der Waals surface area contributed by atoms with Gasteiger partial charge < -0.3 is 10.5 Å². The molecule has 2 N–H and O–H groups in total. The standard InChI is InChI=1S/C18H22FNO/c1-13(2)16-6-3-15(4-7-16)12-21-18-8-5-14(9-10-20)11-17(18)19/h3-8,11,13H,9-10,12,20H2,1-2H3. The van der Waals surface area contributed by atoms with Crippen LogP contribution in [0.4, 0.5) is 4.39 Å².